The lowest BCUT2D eigenvalue weighted by Gasteiger charge is -1.92. The van der Waals surface area contributed by atoms with Crippen LogP contribution >= 0.6 is 11.3 Å². The molecule has 0 amide bonds. The average Bonchev–Trinajstić information content (AvgIpc) is 2.88. The zero-order chi connectivity index (χ0) is 12.3. The maximum absolute atomic E-state index is 11.8. The molecule has 8 heteroatoms. The number of rotatable bonds is 5. The molecule has 0 aromatic carbocycles. The van der Waals surface area contributed by atoms with E-state index in [4.69, 9.17) is 5.73 Å². The number of aryl methyl sites for hydroxylation is 1. The van der Waals surface area contributed by atoms with Gasteiger partial charge in [0, 0.05) is 11.8 Å². The van der Waals surface area contributed by atoms with Crippen LogP contribution in [0.4, 0.5) is 0 Å². The van der Waals surface area contributed by atoms with Crippen molar-refractivity contribution in [3.8, 4) is 0 Å². The molecule has 90 valence electrons. The van der Waals surface area contributed by atoms with Crippen LogP contribution in [-0.2, 0) is 19.9 Å². The second-order valence-corrected chi connectivity index (χ2v) is 4.40. The van der Waals surface area contributed by atoms with E-state index in [1.807, 2.05) is 0 Å². The van der Waals surface area contributed by atoms with Crippen molar-refractivity contribution in [2.45, 2.75) is 12.8 Å². The number of thiazole rings is 1. The van der Waals surface area contributed by atoms with Crippen LogP contribution in [0.15, 0.2) is 5.38 Å². The van der Waals surface area contributed by atoms with Gasteiger partial charge in [-0.3, -0.25) is 4.79 Å². The predicted molar refractivity (Wildman–Crippen MR) is 61.7 cm³/mol. The summed E-state index contributed by atoms with van der Waals surface area (Å²) in [7, 11) is 1.66. The first kappa shape index (κ1) is 11.8. The van der Waals surface area contributed by atoms with E-state index >= 15 is 0 Å². The second kappa shape index (κ2) is 5.11. The largest absolute Gasteiger partial charge is 0.330 e. The van der Waals surface area contributed by atoms with Crippen LogP contribution < -0.4 is 5.73 Å². The molecule has 0 saturated heterocycles. The normalized spacial score (nSPS) is 10.7. The van der Waals surface area contributed by atoms with Gasteiger partial charge in [0.2, 0.25) is 0 Å². The number of aromatic nitrogens is 5. The van der Waals surface area contributed by atoms with Crippen LogP contribution in [0, 0.1) is 0 Å². The number of Topliss-reactive ketones (excluding diaryl/α,β-unsaturated/α-hetero) is 1. The third-order valence-corrected chi connectivity index (χ3v) is 2.97. The van der Waals surface area contributed by atoms with Crippen LogP contribution in [0.3, 0.4) is 0 Å². The van der Waals surface area contributed by atoms with Crippen molar-refractivity contribution in [1.29, 1.82) is 0 Å². The number of ketones is 1. The third kappa shape index (κ3) is 2.92. The minimum Gasteiger partial charge on any atom is -0.330 e. The Labute approximate surface area is 102 Å². The molecule has 2 rings (SSSR count). The van der Waals surface area contributed by atoms with Gasteiger partial charge in [-0.25, -0.2) is 4.98 Å². The van der Waals surface area contributed by atoms with E-state index in [2.05, 4.69) is 20.4 Å². The first-order chi connectivity index (χ1) is 8.19. The van der Waals surface area contributed by atoms with E-state index in [1.54, 1.807) is 12.4 Å². The van der Waals surface area contributed by atoms with E-state index < -0.39 is 0 Å². The maximum atomic E-state index is 11.8. The van der Waals surface area contributed by atoms with Gasteiger partial charge >= 0.3 is 0 Å². The Morgan fingerprint density at radius 3 is 3.06 bits per heavy atom. The number of hydrogen-bond acceptors (Lipinski definition) is 7. The van der Waals surface area contributed by atoms with Gasteiger partial charge in [-0.15, -0.1) is 21.5 Å². The molecule has 2 N–H and O–H groups in total. The molecule has 0 aliphatic heterocycles. The monoisotopic (exact) mass is 252 g/mol. The Bertz CT molecular complexity index is 519. The molecular formula is C9H12N6OS. The highest BCUT2D eigenvalue weighted by atomic mass is 32.1. The molecule has 0 aliphatic carbocycles. The third-order valence-electron chi connectivity index (χ3n) is 2.06. The molecule has 17 heavy (non-hydrogen) atoms. The maximum Gasteiger partial charge on any atom is 0.189 e. The van der Waals surface area contributed by atoms with Gasteiger partial charge in [0.25, 0.3) is 0 Å². The molecule has 2 aromatic rings. The van der Waals surface area contributed by atoms with Crippen LogP contribution in [0.2, 0.25) is 0 Å². The second-order valence-electron chi connectivity index (χ2n) is 3.46. The number of hydrogen-bond donors (Lipinski definition) is 1. The Balaban J connectivity index is 2.03. The van der Waals surface area contributed by atoms with E-state index in [0.717, 1.165) is 5.01 Å². The average molecular weight is 252 g/mol. The van der Waals surface area contributed by atoms with Gasteiger partial charge in [-0.2, -0.15) is 4.80 Å². The topological polar surface area (TPSA) is 99.6 Å². The zero-order valence-corrected chi connectivity index (χ0v) is 10.1. The fourth-order valence-corrected chi connectivity index (χ4v) is 2.12. The number of tetrazole rings is 1. The first-order valence-corrected chi connectivity index (χ1v) is 5.97. The Hall–Kier alpha value is -1.67. The highest BCUT2D eigenvalue weighted by molar-refractivity contribution is 7.09. The molecule has 7 nitrogen and oxygen atoms in total. The smallest absolute Gasteiger partial charge is 0.189 e. The molecular weight excluding hydrogens is 240 g/mol. The van der Waals surface area contributed by atoms with Crippen molar-refractivity contribution in [3.63, 3.8) is 0 Å². The fraction of sp³-hybridized carbons (Fsp3) is 0.444. The van der Waals surface area contributed by atoms with Crippen LogP contribution in [0.25, 0.3) is 0 Å². The lowest BCUT2D eigenvalue weighted by atomic mass is 10.2. The molecule has 0 aliphatic rings. The van der Waals surface area contributed by atoms with Crippen molar-refractivity contribution >= 4 is 17.1 Å². The quantitative estimate of drug-likeness (QED) is 0.726. The number of carbonyl (C=O) groups excluding carboxylic acids is 1. The molecule has 2 aromatic heterocycles. The molecule has 0 unspecified atom stereocenters. The molecule has 0 saturated carbocycles. The van der Waals surface area contributed by atoms with Crippen LogP contribution in [-0.4, -0.2) is 37.5 Å². The predicted octanol–water partition coefficient (Wildman–Crippen LogP) is -0.407. The van der Waals surface area contributed by atoms with Crippen molar-refractivity contribution in [1.82, 2.24) is 25.2 Å². The number of nitrogens with zero attached hydrogens (tertiary/aromatic N) is 5. The van der Waals surface area contributed by atoms with Crippen LogP contribution in [0.1, 0.15) is 21.3 Å². The number of nitrogens with two attached hydrogens (primary N) is 1. The molecule has 0 fully saturated rings. The van der Waals surface area contributed by atoms with E-state index in [-0.39, 0.29) is 12.2 Å². The van der Waals surface area contributed by atoms with Gasteiger partial charge in [-0.05, 0) is 11.8 Å². The lowest BCUT2D eigenvalue weighted by molar-refractivity contribution is 0.0986. The highest BCUT2D eigenvalue weighted by Gasteiger charge is 2.14. The van der Waals surface area contributed by atoms with Crippen molar-refractivity contribution in [3.05, 3.63) is 21.9 Å². The zero-order valence-electron chi connectivity index (χ0n) is 9.33. The summed E-state index contributed by atoms with van der Waals surface area (Å²) in [5.74, 6) is 0.309. The van der Waals surface area contributed by atoms with Gasteiger partial charge in [0.1, 0.15) is 5.69 Å². The minimum absolute atomic E-state index is 0.0995. The fourth-order valence-electron chi connectivity index (χ4n) is 1.31. The highest BCUT2D eigenvalue weighted by Crippen LogP contribution is 2.11. The van der Waals surface area contributed by atoms with E-state index in [0.29, 0.717) is 24.5 Å². The summed E-state index contributed by atoms with van der Waals surface area (Å²) < 4.78 is 0. The lowest BCUT2D eigenvalue weighted by Crippen LogP contribution is -2.07. The Kier molecular flexibility index (Phi) is 3.55. The van der Waals surface area contributed by atoms with Gasteiger partial charge in [0.05, 0.1) is 18.5 Å². The standard InChI is InChI=1S/C9H12N6OS/c1-15-13-8(12-14-15)4-7(16)6-5-17-9(11-6)2-3-10/h5H,2-4,10H2,1H3. The molecule has 0 radical (unpaired) electrons. The summed E-state index contributed by atoms with van der Waals surface area (Å²) in [5, 5.41) is 14.0. The summed E-state index contributed by atoms with van der Waals surface area (Å²) >= 11 is 1.44. The number of carbonyl (C=O) groups is 1. The first-order valence-electron chi connectivity index (χ1n) is 5.09. The summed E-state index contributed by atoms with van der Waals surface area (Å²) in [6.07, 6.45) is 0.820. The summed E-state index contributed by atoms with van der Waals surface area (Å²) in [6.45, 7) is 0.535. The van der Waals surface area contributed by atoms with Gasteiger partial charge < -0.3 is 5.73 Å². The molecule has 0 atom stereocenters. The molecule has 0 spiro atoms. The van der Waals surface area contributed by atoms with E-state index in [9.17, 15) is 4.79 Å². The Morgan fingerprint density at radius 1 is 1.59 bits per heavy atom. The van der Waals surface area contributed by atoms with Gasteiger partial charge in [0.15, 0.2) is 11.6 Å². The summed E-state index contributed by atoms with van der Waals surface area (Å²) in [4.78, 5) is 17.4. The van der Waals surface area contributed by atoms with Crippen molar-refractivity contribution < 1.29 is 4.79 Å². The summed E-state index contributed by atoms with van der Waals surface area (Å²) in [5.41, 5.74) is 5.87. The summed E-state index contributed by atoms with van der Waals surface area (Å²) in [6, 6.07) is 0. The van der Waals surface area contributed by atoms with E-state index in [1.165, 1.54) is 16.1 Å². The SMILES string of the molecule is Cn1nnc(CC(=O)c2csc(CCN)n2)n1. The minimum atomic E-state index is -0.0995. The van der Waals surface area contributed by atoms with Crippen molar-refractivity contribution in [2.75, 3.05) is 6.54 Å². The molecule has 0 bridgehead atoms. The Morgan fingerprint density at radius 2 is 2.41 bits per heavy atom. The van der Waals surface area contributed by atoms with Crippen LogP contribution in [0.5, 0.6) is 0 Å². The van der Waals surface area contributed by atoms with Gasteiger partial charge in [-0.1, -0.05) is 0 Å². The van der Waals surface area contributed by atoms with Crippen molar-refractivity contribution in [2.24, 2.45) is 12.8 Å². The molecule has 2 heterocycles.